The van der Waals surface area contributed by atoms with Crippen LogP contribution >= 0.6 is 0 Å². The second kappa shape index (κ2) is 7.41. The van der Waals surface area contributed by atoms with Crippen LogP contribution in [-0.4, -0.2) is 30.5 Å². The van der Waals surface area contributed by atoms with Crippen molar-refractivity contribution in [3.8, 4) is 0 Å². The van der Waals surface area contributed by atoms with Gasteiger partial charge in [-0.2, -0.15) is 0 Å². The lowest BCUT2D eigenvalue weighted by Crippen LogP contribution is -2.38. The molecule has 21 heavy (non-hydrogen) atoms. The number of carbonyl (C=O) groups is 1. The summed E-state index contributed by atoms with van der Waals surface area (Å²) in [5.41, 5.74) is 7.60. The Morgan fingerprint density at radius 3 is 2.62 bits per heavy atom. The van der Waals surface area contributed by atoms with E-state index in [4.69, 9.17) is 5.73 Å². The highest BCUT2D eigenvalue weighted by molar-refractivity contribution is 5.77. The fourth-order valence-electron chi connectivity index (χ4n) is 2.92. The Balaban J connectivity index is 1.98. The van der Waals surface area contributed by atoms with E-state index in [-0.39, 0.29) is 11.8 Å². The molecule has 1 aliphatic rings. The molecule has 2 rings (SSSR count). The van der Waals surface area contributed by atoms with Gasteiger partial charge in [-0.3, -0.25) is 9.78 Å². The number of hydrogen-bond acceptors (Lipinski definition) is 4. The average molecular weight is 290 g/mol. The van der Waals surface area contributed by atoms with Gasteiger partial charge in [-0.25, -0.2) is 0 Å². The predicted octanol–water partition coefficient (Wildman–Crippen LogP) is 1.84. The highest BCUT2D eigenvalue weighted by Crippen LogP contribution is 2.24. The van der Waals surface area contributed by atoms with Crippen LogP contribution in [0.5, 0.6) is 0 Å². The van der Waals surface area contributed by atoms with Crippen LogP contribution in [-0.2, 0) is 4.79 Å². The minimum Gasteiger partial charge on any atom is -0.370 e. The first-order valence-corrected chi connectivity index (χ1v) is 7.89. The van der Waals surface area contributed by atoms with Gasteiger partial charge < -0.3 is 16.0 Å². The number of pyridine rings is 1. The Hall–Kier alpha value is -1.62. The third-order valence-electron chi connectivity index (χ3n) is 4.25. The van der Waals surface area contributed by atoms with Gasteiger partial charge >= 0.3 is 0 Å². The van der Waals surface area contributed by atoms with E-state index in [9.17, 15) is 4.79 Å². The zero-order valence-electron chi connectivity index (χ0n) is 13.0. The Morgan fingerprint density at radius 2 is 2.14 bits per heavy atom. The van der Waals surface area contributed by atoms with Crippen molar-refractivity contribution in [1.82, 2.24) is 10.3 Å². The van der Waals surface area contributed by atoms with Gasteiger partial charge in [-0.05, 0) is 37.9 Å². The summed E-state index contributed by atoms with van der Waals surface area (Å²) in [6.07, 6.45) is 4.65. The van der Waals surface area contributed by atoms with Gasteiger partial charge in [0.1, 0.15) is 0 Å². The number of piperidine rings is 1. The summed E-state index contributed by atoms with van der Waals surface area (Å²) in [5.74, 6) is -0.133. The standard InChI is InChI=1S/C16H26N4O/c1-3-14(18-4-2)15-6-5-13(11-19-15)20-9-7-12(8-10-20)16(17)21/h5-6,11-12,14,18H,3-4,7-10H2,1-2H3,(H2,17,21). The van der Waals surface area contributed by atoms with Crippen molar-refractivity contribution in [2.24, 2.45) is 11.7 Å². The van der Waals surface area contributed by atoms with Crippen molar-refractivity contribution >= 4 is 11.6 Å². The number of anilines is 1. The molecule has 0 radical (unpaired) electrons. The van der Waals surface area contributed by atoms with E-state index >= 15 is 0 Å². The lowest BCUT2D eigenvalue weighted by molar-refractivity contribution is -0.122. The molecule has 5 heteroatoms. The Kier molecular flexibility index (Phi) is 5.56. The predicted molar refractivity (Wildman–Crippen MR) is 85.1 cm³/mol. The molecule has 5 nitrogen and oxygen atoms in total. The molecule has 0 spiro atoms. The molecule has 1 amide bonds. The van der Waals surface area contributed by atoms with E-state index in [2.05, 4.69) is 41.2 Å². The first-order chi connectivity index (χ1) is 10.2. The van der Waals surface area contributed by atoms with Crippen molar-refractivity contribution in [2.45, 2.75) is 39.2 Å². The molecule has 1 aliphatic heterocycles. The molecule has 0 bridgehead atoms. The van der Waals surface area contributed by atoms with Crippen LogP contribution in [0.25, 0.3) is 0 Å². The number of nitrogens with two attached hydrogens (primary N) is 1. The first-order valence-electron chi connectivity index (χ1n) is 7.89. The molecule has 1 atom stereocenters. The zero-order chi connectivity index (χ0) is 15.2. The topological polar surface area (TPSA) is 71.2 Å². The summed E-state index contributed by atoms with van der Waals surface area (Å²) < 4.78 is 0. The van der Waals surface area contributed by atoms with E-state index in [1.165, 1.54) is 0 Å². The van der Waals surface area contributed by atoms with Gasteiger partial charge in [0.25, 0.3) is 0 Å². The molecule has 1 aromatic heterocycles. The Morgan fingerprint density at radius 1 is 1.43 bits per heavy atom. The third-order valence-corrected chi connectivity index (χ3v) is 4.25. The number of aromatic nitrogens is 1. The van der Waals surface area contributed by atoms with Crippen LogP contribution in [0, 0.1) is 5.92 Å². The number of nitrogens with zero attached hydrogens (tertiary/aromatic N) is 2. The Labute approximate surface area is 126 Å². The van der Waals surface area contributed by atoms with E-state index in [0.717, 1.165) is 50.3 Å². The maximum absolute atomic E-state index is 11.2. The minimum atomic E-state index is -0.167. The lowest BCUT2D eigenvalue weighted by atomic mass is 9.96. The molecule has 2 heterocycles. The second-order valence-corrected chi connectivity index (χ2v) is 5.62. The number of nitrogens with one attached hydrogen (secondary N) is 1. The van der Waals surface area contributed by atoms with Crippen molar-refractivity contribution < 1.29 is 4.79 Å². The molecule has 3 N–H and O–H groups in total. The van der Waals surface area contributed by atoms with Gasteiger partial charge in [0.2, 0.25) is 5.91 Å². The van der Waals surface area contributed by atoms with Gasteiger partial charge in [0.15, 0.2) is 0 Å². The van der Waals surface area contributed by atoms with E-state index in [1.807, 2.05) is 6.20 Å². The number of carbonyl (C=O) groups excluding carboxylic acids is 1. The van der Waals surface area contributed by atoms with Crippen molar-refractivity contribution in [3.05, 3.63) is 24.0 Å². The summed E-state index contributed by atoms with van der Waals surface area (Å²) in [7, 11) is 0. The zero-order valence-corrected chi connectivity index (χ0v) is 13.0. The molecular weight excluding hydrogens is 264 g/mol. The van der Waals surface area contributed by atoms with Crippen LogP contribution in [0.1, 0.15) is 44.8 Å². The fourth-order valence-corrected chi connectivity index (χ4v) is 2.92. The molecule has 0 saturated carbocycles. The normalized spacial score (nSPS) is 17.7. The molecule has 116 valence electrons. The van der Waals surface area contributed by atoms with Crippen LogP contribution < -0.4 is 16.0 Å². The number of amides is 1. The van der Waals surface area contributed by atoms with Crippen LogP contribution in [0.15, 0.2) is 18.3 Å². The molecule has 1 saturated heterocycles. The highest BCUT2D eigenvalue weighted by Gasteiger charge is 2.23. The van der Waals surface area contributed by atoms with Crippen LogP contribution in [0.3, 0.4) is 0 Å². The minimum absolute atomic E-state index is 0.0340. The number of rotatable bonds is 6. The largest absolute Gasteiger partial charge is 0.370 e. The van der Waals surface area contributed by atoms with Crippen LogP contribution in [0.2, 0.25) is 0 Å². The second-order valence-electron chi connectivity index (χ2n) is 5.62. The molecule has 1 fully saturated rings. The van der Waals surface area contributed by atoms with Crippen molar-refractivity contribution in [1.29, 1.82) is 0 Å². The first kappa shape index (κ1) is 15.8. The van der Waals surface area contributed by atoms with Crippen LogP contribution in [0.4, 0.5) is 5.69 Å². The molecule has 0 aromatic carbocycles. The van der Waals surface area contributed by atoms with Crippen molar-refractivity contribution in [3.63, 3.8) is 0 Å². The molecular formula is C16H26N4O. The van der Waals surface area contributed by atoms with E-state index < -0.39 is 0 Å². The maximum Gasteiger partial charge on any atom is 0.220 e. The summed E-state index contributed by atoms with van der Waals surface area (Å²) in [5, 5.41) is 3.44. The molecule has 1 aromatic rings. The highest BCUT2D eigenvalue weighted by atomic mass is 16.1. The molecule has 0 aliphatic carbocycles. The van der Waals surface area contributed by atoms with E-state index in [1.54, 1.807) is 0 Å². The molecule has 1 unspecified atom stereocenters. The van der Waals surface area contributed by atoms with E-state index in [0.29, 0.717) is 6.04 Å². The van der Waals surface area contributed by atoms with Gasteiger partial charge in [-0.15, -0.1) is 0 Å². The summed E-state index contributed by atoms with van der Waals surface area (Å²) in [6, 6.07) is 4.56. The lowest BCUT2D eigenvalue weighted by Gasteiger charge is -2.32. The average Bonchev–Trinajstić information content (AvgIpc) is 2.53. The fraction of sp³-hybridized carbons (Fsp3) is 0.625. The third kappa shape index (κ3) is 3.94. The van der Waals surface area contributed by atoms with Crippen molar-refractivity contribution in [2.75, 3.05) is 24.5 Å². The summed E-state index contributed by atoms with van der Waals surface area (Å²) >= 11 is 0. The summed E-state index contributed by atoms with van der Waals surface area (Å²) in [4.78, 5) is 18.1. The number of hydrogen-bond donors (Lipinski definition) is 2. The quantitative estimate of drug-likeness (QED) is 0.838. The van der Waals surface area contributed by atoms with Gasteiger partial charge in [-0.1, -0.05) is 13.8 Å². The van der Waals surface area contributed by atoms with Gasteiger partial charge in [0, 0.05) is 25.0 Å². The maximum atomic E-state index is 11.2. The van der Waals surface area contributed by atoms with Gasteiger partial charge in [0.05, 0.1) is 17.6 Å². The smallest absolute Gasteiger partial charge is 0.220 e. The monoisotopic (exact) mass is 290 g/mol. The Bertz CT molecular complexity index is 452. The number of primary amides is 1. The summed E-state index contributed by atoms with van der Waals surface area (Å²) in [6.45, 7) is 6.97. The SMILES string of the molecule is CCNC(CC)c1ccc(N2CCC(C(N)=O)CC2)cn1.